The predicted octanol–water partition coefficient (Wildman–Crippen LogP) is 2.11. The number of aromatic hydroxyl groups is 1. The molecule has 18 heavy (non-hydrogen) atoms. The van der Waals surface area contributed by atoms with Crippen molar-refractivity contribution in [1.82, 2.24) is 0 Å². The first-order chi connectivity index (χ1) is 8.47. The molecule has 0 bridgehead atoms. The molecule has 0 spiro atoms. The van der Waals surface area contributed by atoms with Crippen molar-refractivity contribution >= 4 is 0 Å². The summed E-state index contributed by atoms with van der Waals surface area (Å²) in [4.78, 5) is 0. The van der Waals surface area contributed by atoms with E-state index in [0.29, 0.717) is 17.1 Å². The van der Waals surface area contributed by atoms with E-state index in [1.165, 1.54) is 27.4 Å². The van der Waals surface area contributed by atoms with Crippen LogP contribution in [0.5, 0.6) is 23.0 Å². The van der Waals surface area contributed by atoms with Gasteiger partial charge < -0.3 is 24.4 Å². The topological polar surface area (TPSA) is 68.2 Å². The lowest BCUT2D eigenvalue weighted by Crippen LogP contribution is -2.09. The van der Waals surface area contributed by atoms with Crippen molar-refractivity contribution in [3.8, 4) is 23.0 Å². The fourth-order valence-corrected chi connectivity index (χ4v) is 1.78. The highest BCUT2D eigenvalue weighted by atomic mass is 16.5. The number of ether oxygens (including phenoxy) is 3. The Morgan fingerprint density at radius 1 is 1.00 bits per heavy atom. The van der Waals surface area contributed by atoms with E-state index in [-0.39, 0.29) is 17.4 Å². The van der Waals surface area contributed by atoms with Crippen LogP contribution in [0.4, 0.5) is 0 Å². The maximum absolute atomic E-state index is 10.1. The van der Waals surface area contributed by atoms with Crippen LogP contribution in [0, 0.1) is 5.92 Å². The van der Waals surface area contributed by atoms with E-state index in [2.05, 4.69) is 0 Å². The summed E-state index contributed by atoms with van der Waals surface area (Å²) in [6.07, 6.45) is -0.847. The molecule has 0 saturated carbocycles. The van der Waals surface area contributed by atoms with Gasteiger partial charge in [-0.1, -0.05) is 13.8 Å². The maximum Gasteiger partial charge on any atom is 0.203 e. The Hall–Kier alpha value is -1.62. The maximum atomic E-state index is 10.1. The predicted molar refractivity (Wildman–Crippen MR) is 67.6 cm³/mol. The molecule has 0 heterocycles. The van der Waals surface area contributed by atoms with Crippen LogP contribution in [0.15, 0.2) is 6.07 Å². The molecular weight excluding hydrogens is 236 g/mol. The van der Waals surface area contributed by atoms with Crippen molar-refractivity contribution in [2.45, 2.75) is 20.0 Å². The van der Waals surface area contributed by atoms with Gasteiger partial charge in [0.25, 0.3) is 0 Å². The van der Waals surface area contributed by atoms with E-state index in [4.69, 9.17) is 14.2 Å². The van der Waals surface area contributed by atoms with Crippen LogP contribution in [0.3, 0.4) is 0 Å². The first-order valence-corrected chi connectivity index (χ1v) is 5.67. The smallest absolute Gasteiger partial charge is 0.203 e. The van der Waals surface area contributed by atoms with Crippen LogP contribution in [0.1, 0.15) is 25.5 Å². The van der Waals surface area contributed by atoms with E-state index in [1.54, 1.807) is 0 Å². The van der Waals surface area contributed by atoms with Crippen molar-refractivity contribution in [3.05, 3.63) is 11.6 Å². The lowest BCUT2D eigenvalue weighted by molar-refractivity contribution is 0.119. The molecule has 5 nitrogen and oxygen atoms in total. The first-order valence-electron chi connectivity index (χ1n) is 5.67. The highest BCUT2D eigenvalue weighted by Gasteiger charge is 2.27. The van der Waals surface area contributed by atoms with E-state index in [1.807, 2.05) is 13.8 Å². The van der Waals surface area contributed by atoms with Crippen LogP contribution < -0.4 is 14.2 Å². The monoisotopic (exact) mass is 256 g/mol. The van der Waals surface area contributed by atoms with Crippen molar-refractivity contribution in [1.29, 1.82) is 0 Å². The number of aliphatic hydroxyl groups is 1. The Labute approximate surface area is 107 Å². The zero-order valence-electron chi connectivity index (χ0n) is 11.4. The SMILES string of the molecule is COc1cc(O)c(C(O)C(C)C)c(OC)c1OC. The Balaban J connectivity index is 3.50. The molecule has 0 fully saturated rings. The summed E-state index contributed by atoms with van der Waals surface area (Å²) in [5, 5.41) is 20.1. The van der Waals surface area contributed by atoms with Crippen LogP contribution in [-0.2, 0) is 0 Å². The van der Waals surface area contributed by atoms with E-state index in [0.717, 1.165) is 0 Å². The molecule has 0 amide bonds. The Bertz CT molecular complexity index is 414. The van der Waals surface area contributed by atoms with Gasteiger partial charge in [0.1, 0.15) is 5.75 Å². The molecule has 0 radical (unpaired) electrons. The largest absolute Gasteiger partial charge is 0.507 e. The molecule has 0 aliphatic heterocycles. The molecule has 1 unspecified atom stereocenters. The molecule has 1 atom stereocenters. The van der Waals surface area contributed by atoms with Crippen molar-refractivity contribution in [3.63, 3.8) is 0 Å². The fraction of sp³-hybridized carbons (Fsp3) is 0.538. The van der Waals surface area contributed by atoms with E-state index < -0.39 is 6.10 Å². The van der Waals surface area contributed by atoms with Gasteiger partial charge in [-0.2, -0.15) is 0 Å². The quantitative estimate of drug-likeness (QED) is 0.844. The van der Waals surface area contributed by atoms with Crippen molar-refractivity contribution in [2.24, 2.45) is 5.92 Å². The Kier molecular flexibility index (Phi) is 4.67. The van der Waals surface area contributed by atoms with E-state index >= 15 is 0 Å². The number of hydrogen-bond acceptors (Lipinski definition) is 5. The highest BCUT2D eigenvalue weighted by Crippen LogP contribution is 2.48. The zero-order chi connectivity index (χ0) is 13.9. The molecular formula is C13H20O5. The molecule has 2 N–H and O–H groups in total. The third kappa shape index (κ3) is 2.46. The van der Waals surface area contributed by atoms with Gasteiger partial charge in [0.2, 0.25) is 5.75 Å². The summed E-state index contributed by atoms with van der Waals surface area (Å²) in [6, 6.07) is 1.41. The fourth-order valence-electron chi connectivity index (χ4n) is 1.78. The molecule has 1 aromatic carbocycles. The number of hydrogen-bond donors (Lipinski definition) is 2. The normalized spacial score (nSPS) is 12.4. The zero-order valence-corrected chi connectivity index (χ0v) is 11.4. The summed E-state index contributed by atoms with van der Waals surface area (Å²) in [5.74, 6) is 0.850. The summed E-state index contributed by atoms with van der Waals surface area (Å²) in [6.45, 7) is 3.69. The molecule has 1 aromatic rings. The molecule has 0 aliphatic rings. The van der Waals surface area contributed by atoms with Crippen LogP contribution >= 0.6 is 0 Å². The number of aliphatic hydroxyl groups excluding tert-OH is 1. The summed E-state index contributed by atoms with van der Waals surface area (Å²) in [5.41, 5.74) is 0.310. The number of rotatable bonds is 5. The second-order valence-electron chi connectivity index (χ2n) is 4.27. The summed E-state index contributed by atoms with van der Waals surface area (Å²) < 4.78 is 15.6. The first kappa shape index (κ1) is 14.4. The standard InChI is InChI=1S/C13H20O5/c1-7(2)11(15)10-8(14)6-9(16-3)12(17-4)13(10)18-5/h6-7,11,14-15H,1-5H3. The molecule has 1 rings (SSSR count). The lowest BCUT2D eigenvalue weighted by atomic mass is 9.96. The second-order valence-corrected chi connectivity index (χ2v) is 4.27. The van der Waals surface area contributed by atoms with Crippen LogP contribution in [0.25, 0.3) is 0 Å². The summed E-state index contributed by atoms with van der Waals surface area (Å²) >= 11 is 0. The number of phenols is 1. The lowest BCUT2D eigenvalue weighted by Gasteiger charge is -2.22. The van der Waals surface area contributed by atoms with Gasteiger partial charge in [-0.15, -0.1) is 0 Å². The summed E-state index contributed by atoms with van der Waals surface area (Å²) in [7, 11) is 4.39. The molecule has 0 aromatic heterocycles. The molecule has 102 valence electrons. The third-order valence-corrected chi connectivity index (χ3v) is 2.77. The average Bonchev–Trinajstić information content (AvgIpc) is 2.36. The van der Waals surface area contributed by atoms with Crippen molar-refractivity contribution < 1.29 is 24.4 Å². The van der Waals surface area contributed by atoms with Crippen LogP contribution in [-0.4, -0.2) is 31.5 Å². The molecule has 0 aliphatic carbocycles. The van der Waals surface area contributed by atoms with Gasteiger partial charge in [0, 0.05) is 6.07 Å². The van der Waals surface area contributed by atoms with Gasteiger partial charge in [-0.25, -0.2) is 0 Å². The minimum Gasteiger partial charge on any atom is -0.507 e. The average molecular weight is 256 g/mol. The third-order valence-electron chi connectivity index (χ3n) is 2.77. The van der Waals surface area contributed by atoms with Gasteiger partial charge in [-0.3, -0.25) is 0 Å². The van der Waals surface area contributed by atoms with Crippen LogP contribution in [0.2, 0.25) is 0 Å². The van der Waals surface area contributed by atoms with E-state index in [9.17, 15) is 10.2 Å². The van der Waals surface area contributed by atoms with Gasteiger partial charge in [0.15, 0.2) is 11.5 Å². The molecule has 0 saturated heterocycles. The molecule has 5 heteroatoms. The Morgan fingerprint density at radius 3 is 1.94 bits per heavy atom. The van der Waals surface area contributed by atoms with Gasteiger partial charge in [-0.05, 0) is 5.92 Å². The number of methoxy groups -OCH3 is 3. The second kappa shape index (κ2) is 5.82. The van der Waals surface area contributed by atoms with Gasteiger partial charge >= 0.3 is 0 Å². The minimum absolute atomic E-state index is 0.0668. The number of phenolic OH excluding ortho intramolecular Hbond substituents is 1. The van der Waals surface area contributed by atoms with Gasteiger partial charge in [0.05, 0.1) is 33.0 Å². The Morgan fingerprint density at radius 2 is 1.56 bits per heavy atom. The number of benzene rings is 1. The minimum atomic E-state index is -0.847. The highest BCUT2D eigenvalue weighted by molar-refractivity contribution is 5.62. The van der Waals surface area contributed by atoms with Crippen molar-refractivity contribution in [2.75, 3.05) is 21.3 Å².